The van der Waals surface area contributed by atoms with E-state index in [-0.39, 0.29) is 12.8 Å². The van der Waals surface area contributed by atoms with Crippen LogP contribution in [0.5, 0.6) is 11.5 Å². The molecule has 8 heteroatoms. The van der Waals surface area contributed by atoms with E-state index in [0.29, 0.717) is 18.0 Å². The Kier molecular flexibility index (Phi) is 6.62. The van der Waals surface area contributed by atoms with Crippen LogP contribution in [-0.2, 0) is 9.59 Å². The Balaban J connectivity index is 1.45. The molecule has 4 rings (SSSR count). The fourth-order valence-corrected chi connectivity index (χ4v) is 4.03. The molecule has 0 unspecified atom stereocenters. The number of nitrogens with zero attached hydrogens (tertiary/aromatic N) is 2. The molecule has 2 aromatic rings. The molecule has 2 N–H and O–H groups in total. The molecule has 0 radical (unpaired) electrons. The van der Waals surface area contributed by atoms with Crippen LogP contribution in [0.2, 0.25) is 0 Å². The lowest BCUT2D eigenvalue weighted by molar-refractivity contribution is -0.136. The monoisotopic (exact) mass is 438 g/mol. The van der Waals surface area contributed by atoms with Gasteiger partial charge < -0.3 is 25.0 Å². The zero-order valence-corrected chi connectivity index (χ0v) is 18.8. The van der Waals surface area contributed by atoms with E-state index in [2.05, 4.69) is 27.5 Å². The summed E-state index contributed by atoms with van der Waals surface area (Å²) in [5.74, 6) is 0.121. The molecule has 2 heterocycles. The molecule has 0 spiro atoms. The van der Waals surface area contributed by atoms with Gasteiger partial charge in [0.1, 0.15) is 0 Å². The first-order valence-electron chi connectivity index (χ1n) is 10.9. The first-order chi connectivity index (χ1) is 15.4. The number of fused-ring (bicyclic) bond motifs is 1. The molecule has 32 heavy (non-hydrogen) atoms. The fraction of sp³-hybridized carbons (Fsp3) is 0.417. The summed E-state index contributed by atoms with van der Waals surface area (Å²) in [6.45, 7) is 8.03. The van der Waals surface area contributed by atoms with Crippen molar-refractivity contribution >= 4 is 17.5 Å². The molecule has 2 aliphatic heterocycles. The second kappa shape index (κ2) is 9.58. The average molecular weight is 439 g/mol. The van der Waals surface area contributed by atoms with E-state index in [4.69, 9.17) is 9.47 Å². The highest BCUT2D eigenvalue weighted by Gasteiger charge is 2.27. The summed E-state index contributed by atoms with van der Waals surface area (Å²) in [6.07, 6.45) is 0. The molecule has 170 valence electrons. The van der Waals surface area contributed by atoms with Crippen LogP contribution in [0.25, 0.3) is 0 Å². The van der Waals surface area contributed by atoms with Gasteiger partial charge in [0, 0.05) is 38.4 Å². The quantitative estimate of drug-likeness (QED) is 0.696. The fourth-order valence-electron chi connectivity index (χ4n) is 4.03. The van der Waals surface area contributed by atoms with Crippen LogP contribution < -0.4 is 20.1 Å². The molecule has 2 amide bonds. The lowest BCUT2D eigenvalue weighted by Crippen LogP contribution is -2.49. The lowest BCUT2D eigenvalue weighted by atomic mass is 10.0. The number of rotatable bonds is 5. The van der Waals surface area contributed by atoms with E-state index in [1.54, 1.807) is 0 Å². The van der Waals surface area contributed by atoms with E-state index in [1.807, 2.05) is 50.2 Å². The number of hydrogen-bond acceptors (Lipinski definition) is 6. The first kappa shape index (κ1) is 22.1. The van der Waals surface area contributed by atoms with Crippen molar-refractivity contribution in [2.45, 2.75) is 19.9 Å². The third-order valence-corrected chi connectivity index (χ3v) is 6.06. The van der Waals surface area contributed by atoms with Gasteiger partial charge >= 0.3 is 11.8 Å². The minimum Gasteiger partial charge on any atom is -0.454 e. The van der Waals surface area contributed by atoms with Gasteiger partial charge in [-0.05, 0) is 55.8 Å². The number of amides is 2. The Morgan fingerprint density at radius 3 is 2.50 bits per heavy atom. The van der Waals surface area contributed by atoms with Gasteiger partial charge in [-0.25, -0.2) is 0 Å². The molecule has 0 aliphatic carbocycles. The second-order valence-electron chi connectivity index (χ2n) is 8.45. The van der Waals surface area contributed by atoms with Gasteiger partial charge in [-0.3, -0.25) is 14.5 Å². The molecule has 0 aromatic heterocycles. The molecular weight excluding hydrogens is 408 g/mol. The molecule has 2 aliphatic rings. The summed E-state index contributed by atoms with van der Waals surface area (Å²) in [5.41, 5.74) is 3.60. The molecule has 0 bridgehead atoms. The largest absolute Gasteiger partial charge is 0.454 e. The normalized spacial score (nSPS) is 17.1. The standard InChI is InChI=1S/C24H30N4O4/c1-16-4-5-17(2)19(12-16)26-24(30)23(29)25-14-20(28-10-8-27(3)9-11-28)18-6-7-21-22(13-18)32-15-31-21/h4-7,12-13,20H,8-11,14-15H2,1-3H3,(H,25,29)(H,26,30)/t20-/m0/s1. The summed E-state index contributed by atoms with van der Waals surface area (Å²) >= 11 is 0. The molecule has 0 saturated carbocycles. The van der Waals surface area contributed by atoms with Gasteiger partial charge in [0.15, 0.2) is 11.5 Å². The maximum atomic E-state index is 12.6. The third kappa shape index (κ3) is 5.03. The van der Waals surface area contributed by atoms with E-state index in [0.717, 1.165) is 48.6 Å². The van der Waals surface area contributed by atoms with E-state index < -0.39 is 11.8 Å². The number of benzene rings is 2. The molecule has 1 atom stereocenters. The van der Waals surface area contributed by atoms with Gasteiger partial charge in [-0.2, -0.15) is 0 Å². The Morgan fingerprint density at radius 1 is 0.969 bits per heavy atom. The summed E-state index contributed by atoms with van der Waals surface area (Å²) in [5, 5.41) is 5.56. The van der Waals surface area contributed by atoms with E-state index in [1.165, 1.54) is 0 Å². The van der Waals surface area contributed by atoms with Crippen LogP contribution in [0.1, 0.15) is 22.7 Å². The molecule has 1 fully saturated rings. The highest BCUT2D eigenvalue weighted by molar-refractivity contribution is 6.39. The number of likely N-dealkylation sites (N-methyl/N-ethyl adjacent to an activating group) is 1. The molecule has 1 saturated heterocycles. The number of hydrogen-bond donors (Lipinski definition) is 2. The van der Waals surface area contributed by atoms with Crippen LogP contribution in [-0.4, -0.2) is 68.2 Å². The van der Waals surface area contributed by atoms with Crippen LogP contribution in [0.4, 0.5) is 5.69 Å². The average Bonchev–Trinajstić information content (AvgIpc) is 3.25. The van der Waals surface area contributed by atoms with Gasteiger partial charge in [-0.15, -0.1) is 0 Å². The minimum atomic E-state index is -0.665. The summed E-state index contributed by atoms with van der Waals surface area (Å²) < 4.78 is 11.0. The van der Waals surface area contributed by atoms with Crippen LogP contribution in [0, 0.1) is 13.8 Å². The maximum absolute atomic E-state index is 12.6. The number of ether oxygens (including phenoxy) is 2. The van der Waals surface area contributed by atoms with Crippen molar-refractivity contribution < 1.29 is 19.1 Å². The van der Waals surface area contributed by atoms with Gasteiger partial charge in [0.25, 0.3) is 0 Å². The highest BCUT2D eigenvalue weighted by atomic mass is 16.7. The van der Waals surface area contributed by atoms with Crippen molar-refractivity contribution in [1.82, 2.24) is 15.1 Å². The van der Waals surface area contributed by atoms with Crippen molar-refractivity contribution in [2.24, 2.45) is 0 Å². The van der Waals surface area contributed by atoms with Crippen molar-refractivity contribution in [3.63, 3.8) is 0 Å². The van der Waals surface area contributed by atoms with Gasteiger partial charge in [0.05, 0.1) is 6.04 Å². The smallest absolute Gasteiger partial charge is 0.313 e. The van der Waals surface area contributed by atoms with Gasteiger partial charge in [-0.1, -0.05) is 18.2 Å². The second-order valence-corrected chi connectivity index (χ2v) is 8.45. The topological polar surface area (TPSA) is 83.1 Å². The zero-order valence-electron chi connectivity index (χ0n) is 18.8. The number of piperazine rings is 1. The predicted molar refractivity (Wildman–Crippen MR) is 122 cm³/mol. The van der Waals surface area contributed by atoms with Gasteiger partial charge in [0.2, 0.25) is 6.79 Å². The van der Waals surface area contributed by atoms with Crippen LogP contribution in [0.3, 0.4) is 0 Å². The summed E-state index contributed by atoms with van der Waals surface area (Å²) in [4.78, 5) is 29.7. The number of anilines is 1. The Labute approximate surface area is 188 Å². The zero-order chi connectivity index (χ0) is 22.7. The highest BCUT2D eigenvalue weighted by Crippen LogP contribution is 2.35. The summed E-state index contributed by atoms with van der Waals surface area (Å²) in [7, 11) is 2.10. The number of carbonyl (C=O) groups excluding carboxylic acids is 2. The Bertz CT molecular complexity index is 1000. The van der Waals surface area contributed by atoms with E-state index >= 15 is 0 Å². The van der Waals surface area contributed by atoms with Crippen molar-refractivity contribution in [3.05, 3.63) is 53.1 Å². The van der Waals surface area contributed by atoms with Crippen LogP contribution in [0.15, 0.2) is 36.4 Å². The minimum absolute atomic E-state index is 0.0735. The van der Waals surface area contributed by atoms with Crippen molar-refractivity contribution in [1.29, 1.82) is 0 Å². The van der Waals surface area contributed by atoms with E-state index in [9.17, 15) is 9.59 Å². The molecule has 8 nitrogen and oxygen atoms in total. The third-order valence-electron chi connectivity index (χ3n) is 6.06. The number of nitrogens with one attached hydrogen (secondary N) is 2. The summed E-state index contributed by atoms with van der Waals surface area (Å²) in [6, 6.07) is 11.5. The number of carbonyl (C=O) groups is 2. The Morgan fingerprint density at radius 2 is 1.72 bits per heavy atom. The Hall–Kier alpha value is -3.10. The maximum Gasteiger partial charge on any atom is 0.313 e. The molecule has 2 aromatic carbocycles. The van der Waals surface area contributed by atoms with Crippen LogP contribution >= 0.6 is 0 Å². The number of aryl methyl sites for hydroxylation is 2. The first-order valence-corrected chi connectivity index (χ1v) is 10.9. The SMILES string of the molecule is Cc1ccc(C)c(NC(=O)C(=O)NC[C@@H](c2ccc3c(c2)OCO3)N2CCN(C)CC2)c1. The molecular formula is C24H30N4O4. The van der Waals surface area contributed by atoms with Crippen molar-refractivity contribution in [2.75, 3.05) is 51.9 Å². The lowest BCUT2D eigenvalue weighted by Gasteiger charge is -2.38. The van der Waals surface area contributed by atoms with Crippen molar-refractivity contribution in [3.8, 4) is 11.5 Å². The predicted octanol–water partition coefficient (Wildman–Crippen LogP) is 2.08.